The van der Waals surface area contributed by atoms with Crippen LogP contribution in [0.2, 0.25) is 0 Å². The zero-order valence-corrected chi connectivity index (χ0v) is 24.2. The molecule has 0 unspecified atom stereocenters. The number of nitrogens with two attached hydrogens (primary N) is 1. The van der Waals surface area contributed by atoms with Gasteiger partial charge in [0.25, 0.3) is 5.22 Å². The van der Waals surface area contributed by atoms with Crippen LogP contribution in [0.1, 0.15) is 41.6 Å². The van der Waals surface area contributed by atoms with Crippen LogP contribution in [0.25, 0.3) is 22.6 Å². The van der Waals surface area contributed by atoms with Gasteiger partial charge < -0.3 is 24.7 Å². The third-order valence-corrected chi connectivity index (χ3v) is 8.59. The van der Waals surface area contributed by atoms with E-state index in [1.807, 2.05) is 97.1 Å². The minimum absolute atomic E-state index is 0.00589. The summed E-state index contributed by atoms with van der Waals surface area (Å²) in [6.07, 6.45) is -0.872. The number of aliphatic hydroxyl groups is 1. The summed E-state index contributed by atoms with van der Waals surface area (Å²) in [6.45, 7) is 2.64. The van der Waals surface area contributed by atoms with Crippen molar-refractivity contribution in [1.82, 2.24) is 4.98 Å². The van der Waals surface area contributed by atoms with Crippen molar-refractivity contribution < 1.29 is 19.0 Å². The average Bonchev–Trinajstić information content (AvgIpc) is 3.50. The molecule has 214 valence electrons. The zero-order valence-electron chi connectivity index (χ0n) is 23.4. The van der Waals surface area contributed by atoms with Gasteiger partial charge in [-0.25, -0.2) is 4.98 Å². The number of thioether (sulfide) groups is 1. The molecule has 6 nitrogen and oxygen atoms in total. The number of aromatic nitrogens is 1. The molecule has 0 bridgehead atoms. The summed E-state index contributed by atoms with van der Waals surface area (Å²) in [5.41, 5.74) is 12.6. The summed E-state index contributed by atoms with van der Waals surface area (Å²) in [5, 5.41) is 10.1. The van der Waals surface area contributed by atoms with Crippen molar-refractivity contribution in [3.63, 3.8) is 0 Å². The van der Waals surface area contributed by atoms with E-state index in [1.54, 1.807) is 11.8 Å². The van der Waals surface area contributed by atoms with E-state index in [1.165, 1.54) is 0 Å². The molecular formula is C35H34N2O4S. The van der Waals surface area contributed by atoms with Crippen molar-refractivity contribution in [3.8, 4) is 22.6 Å². The number of benzene rings is 4. The largest absolute Gasteiger partial charge is 0.431 e. The van der Waals surface area contributed by atoms with Gasteiger partial charge in [0.2, 0.25) is 0 Å². The molecular weight excluding hydrogens is 544 g/mol. The lowest BCUT2D eigenvalue weighted by Crippen LogP contribution is -2.38. The summed E-state index contributed by atoms with van der Waals surface area (Å²) < 4.78 is 19.6. The minimum atomic E-state index is -0.537. The highest BCUT2D eigenvalue weighted by Gasteiger charge is 2.38. The maximum atomic E-state index is 9.53. The first-order valence-electron chi connectivity index (χ1n) is 14.2. The molecule has 0 saturated carbocycles. The topological polar surface area (TPSA) is 90.7 Å². The Balaban J connectivity index is 1.28. The van der Waals surface area contributed by atoms with Crippen LogP contribution in [0, 0.1) is 5.92 Å². The first-order chi connectivity index (χ1) is 20.6. The smallest absolute Gasteiger partial charge is 0.256 e. The Morgan fingerprint density at radius 2 is 1.38 bits per heavy atom. The van der Waals surface area contributed by atoms with E-state index in [0.717, 1.165) is 44.8 Å². The Labute approximate surface area is 250 Å². The van der Waals surface area contributed by atoms with Gasteiger partial charge in [0, 0.05) is 34.9 Å². The van der Waals surface area contributed by atoms with E-state index in [0.29, 0.717) is 17.5 Å². The van der Waals surface area contributed by atoms with Gasteiger partial charge in [0.15, 0.2) is 12.1 Å². The number of nitrogens with zero attached hydrogens (tertiary/aromatic N) is 1. The molecule has 0 aliphatic carbocycles. The van der Waals surface area contributed by atoms with Gasteiger partial charge in [-0.15, -0.1) is 0 Å². The van der Waals surface area contributed by atoms with Crippen molar-refractivity contribution >= 4 is 11.8 Å². The summed E-state index contributed by atoms with van der Waals surface area (Å²) in [4.78, 5) is 4.93. The highest BCUT2D eigenvalue weighted by atomic mass is 32.2. The van der Waals surface area contributed by atoms with Gasteiger partial charge in [0.1, 0.15) is 5.69 Å². The molecule has 1 saturated heterocycles. The summed E-state index contributed by atoms with van der Waals surface area (Å²) >= 11 is 1.55. The second-order valence-electron chi connectivity index (χ2n) is 10.5. The Morgan fingerprint density at radius 1 is 0.762 bits per heavy atom. The van der Waals surface area contributed by atoms with Gasteiger partial charge in [-0.3, -0.25) is 0 Å². The fraction of sp³-hybridized carbons (Fsp3) is 0.229. The zero-order chi connectivity index (χ0) is 28.9. The van der Waals surface area contributed by atoms with Gasteiger partial charge >= 0.3 is 0 Å². The van der Waals surface area contributed by atoms with Gasteiger partial charge in [-0.05, 0) is 16.7 Å². The number of rotatable bonds is 9. The number of hydrogen-bond acceptors (Lipinski definition) is 7. The number of oxazole rings is 1. The van der Waals surface area contributed by atoms with E-state index in [-0.39, 0.29) is 24.7 Å². The molecule has 0 amide bonds. The summed E-state index contributed by atoms with van der Waals surface area (Å²) in [7, 11) is 0. The monoisotopic (exact) mass is 578 g/mol. The average molecular weight is 579 g/mol. The molecule has 4 aromatic carbocycles. The van der Waals surface area contributed by atoms with Crippen molar-refractivity contribution in [3.05, 3.63) is 131 Å². The van der Waals surface area contributed by atoms with Crippen molar-refractivity contribution in [1.29, 1.82) is 0 Å². The quantitative estimate of drug-likeness (QED) is 0.175. The van der Waals surface area contributed by atoms with Crippen molar-refractivity contribution in [2.45, 2.75) is 43.8 Å². The SMILES string of the molecule is C[C@H]1[C@@H](CSc2nc(-c3ccccc3)c(-c3ccccc3)o2)O[C@@H](c2ccc(CN)cc2)O[C@H]1c1ccc(CO)cc1. The molecule has 5 aromatic rings. The lowest BCUT2D eigenvalue weighted by atomic mass is 9.91. The van der Waals surface area contributed by atoms with Crippen LogP contribution >= 0.6 is 11.8 Å². The second kappa shape index (κ2) is 13.1. The molecule has 0 spiro atoms. The van der Waals surface area contributed by atoms with Gasteiger partial charge in [-0.2, -0.15) is 0 Å². The van der Waals surface area contributed by atoms with Crippen molar-refractivity contribution in [2.75, 3.05) is 5.75 Å². The third kappa shape index (κ3) is 6.21. The molecule has 4 atom stereocenters. The van der Waals surface area contributed by atoms with Crippen molar-refractivity contribution in [2.24, 2.45) is 11.7 Å². The lowest BCUT2D eigenvalue weighted by Gasteiger charge is -2.41. The summed E-state index contributed by atoms with van der Waals surface area (Å²) in [5.74, 6) is 1.44. The highest BCUT2D eigenvalue weighted by molar-refractivity contribution is 7.99. The normalized spacial score (nSPS) is 20.5. The lowest BCUT2D eigenvalue weighted by molar-refractivity contribution is -0.268. The molecule has 42 heavy (non-hydrogen) atoms. The van der Waals surface area contributed by atoms with Gasteiger partial charge in [-0.1, -0.05) is 128 Å². The number of aliphatic hydroxyl groups excluding tert-OH is 1. The molecule has 7 heteroatoms. The maximum absolute atomic E-state index is 9.53. The predicted octanol–water partition coefficient (Wildman–Crippen LogP) is 7.54. The van der Waals surface area contributed by atoms with Crippen LogP contribution in [-0.4, -0.2) is 21.9 Å². The van der Waals surface area contributed by atoms with E-state index in [9.17, 15) is 5.11 Å². The van der Waals surface area contributed by atoms with Gasteiger partial charge in [0.05, 0.1) is 18.8 Å². The predicted molar refractivity (Wildman–Crippen MR) is 165 cm³/mol. The Morgan fingerprint density at radius 3 is 2.02 bits per heavy atom. The Hall–Kier alpha value is -3.72. The third-order valence-electron chi connectivity index (χ3n) is 7.67. The number of hydrogen-bond donors (Lipinski definition) is 2. The Bertz CT molecular complexity index is 1520. The standard InChI is InChI=1S/C35H34N2O4S/c1-23-30(22-42-35-37-31(26-8-4-2-5-9-26)33(41-35)27-10-6-3-7-11-27)39-34(29-18-12-24(20-36)13-19-29)40-32(23)28-16-14-25(21-38)15-17-28/h2-19,23,30,32,34,38H,20-22,36H2,1H3/t23-,30+,32+,34+/m0/s1. The first-order valence-corrected chi connectivity index (χ1v) is 15.2. The first kappa shape index (κ1) is 28.4. The highest BCUT2D eigenvalue weighted by Crippen LogP contribution is 2.44. The van der Waals surface area contributed by atoms with Crippen LogP contribution in [-0.2, 0) is 22.6 Å². The molecule has 1 aliphatic rings. The van der Waals surface area contributed by atoms with Crippen LogP contribution in [0.15, 0.2) is 119 Å². The van der Waals surface area contributed by atoms with E-state index in [4.69, 9.17) is 24.6 Å². The maximum Gasteiger partial charge on any atom is 0.256 e. The second-order valence-corrected chi connectivity index (χ2v) is 11.4. The fourth-order valence-electron chi connectivity index (χ4n) is 5.21. The van der Waals surface area contributed by atoms with E-state index < -0.39 is 6.29 Å². The van der Waals surface area contributed by atoms with Crippen LogP contribution in [0.4, 0.5) is 0 Å². The molecule has 2 heterocycles. The number of ether oxygens (including phenoxy) is 2. The molecule has 1 fully saturated rings. The fourth-order valence-corrected chi connectivity index (χ4v) is 6.20. The Kier molecular flexibility index (Phi) is 8.84. The minimum Gasteiger partial charge on any atom is -0.431 e. The molecule has 6 rings (SSSR count). The molecule has 3 N–H and O–H groups in total. The molecule has 0 radical (unpaired) electrons. The molecule has 1 aliphatic heterocycles. The summed E-state index contributed by atoms with van der Waals surface area (Å²) in [6, 6.07) is 36.2. The van der Waals surface area contributed by atoms with Crippen LogP contribution in [0.3, 0.4) is 0 Å². The van der Waals surface area contributed by atoms with E-state index >= 15 is 0 Å². The van der Waals surface area contributed by atoms with Crippen LogP contribution in [0.5, 0.6) is 0 Å². The van der Waals surface area contributed by atoms with Crippen LogP contribution < -0.4 is 5.73 Å². The van der Waals surface area contributed by atoms with E-state index in [2.05, 4.69) is 19.1 Å². The molecule has 1 aromatic heterocycles.